The quantitative estimate of drug-likeness (QED) is 0.853. The lowest BCUT2D eigenvalue weighted by atomic mass is 10.3. The number of aryl methyl sites for hydroxylation is 1. The summed E-state index contributed by atoms with van der Waals surface area (Å²) < 4.78 is 1.93. The fourth-order valence-corrected chi connectivity index (χ4v) is 1.70. The largest absolute Gasteiger partial charge is 0.341 e. The summed E-state index contributed by atoms with van der Waals surface area (Å²) in [6.07, 6.45) is 1.90. The average Bonchev–Trinajstić information content (AvgIpc) is 2.86. The predicted molar refractivity (Wildman–Crippen MR) is 66.1 cm³/mol. The maximum Gasteiger partial charge on any atom is 0.273 e. The molecule has 90 valence electrons. The van der Waals surface area contributed by atoms with Gasteiger partial charge in [-0.05, 0) is 32.9 Å². The van der Waals surface area contributed by atoms with Crippen molar-refractivity contribution < 1.29 is 4.79 Å². The van der Waals surface area contributed by atoms with Crippen LogP contribution in [0.25, 0.3) is 0 Å². The van der Waals surface area contributed by atoms with Gasteiger partial charge in [0.1, 0.15) is 5.69 Å². The lowest BCUT2D eigenvalue weighted by molar-refractivity contribution is 0.101. The summed E-state index contributed by atoms with van der Waals surface area (Å²) in [7, 11) is 0. The molecule has 0 saturated heterocycles. The number of nitrogens with zero attached hydrogens (tertiary/aromatic N) is 2. The second-order valence-corrected chi connectivity index (χ2v) is 4.28. The normalized spacial score (nSPS) is 10.8. The van der Waals surface area contributed by atoms with E-state index in [1.807, 2.05) is 37.6 Å². The molecule has 2 N–H and O–H groups in total. The Hall–Kier alpha value is -2.04. The molecule has 2 rings (SSSR count). The number of H-pyrrole nitrogens is 1. The molecular weight excluding hydrogens is 216 g/mol. The minimum Gasteiger partial charge on any atom is -0.341 e. The van der Waals surface area contributed by atoms with E-state index < -0.39 is 0 Å². The van der Waals surface area contributed by atoms with Gasteiger partial charge in [-0.15, -0.1) is 0 Å². The van der Waals surface area contributed by atoms with Crippen molar-refractivity contribution in [2.45, 2.75) is 26.8 Å². The van der Waals surface area contributed by atoms with Crippen LogP contribution in [0, 0.1) is 6.92 Å². The number of aromatic nitrogens is 3. The number of carbonyl (C=O) groups is 1. The number of hydrogen-bond acceptors (Lipinski definition) is 2. The zero-order valence-corrected chi connectivity index (χ0v) is 10.2. The first kappa shape index (κ1) is 11.4. The Bertz CT molecular complexity index is 524. The third kappa shape index (κ3) is 2.38. The molecule has 1 amide bonds. The molecule has 2 aromatic heterocycles. The highest BCUT2D eigenvalue weighted by Crippen LogP contribution is 2.13. The maximum absolute atomic E-state index is 12.0. The first-order valence-electron chi connectivity index (χ1n) is 5.58. The molecule has 5 nitrogen and oxygen atoms in total. The van der Waals surface area contributed by atoms with Crippen LogP contribution in [0.15, 0.2) is 24.4 Å². The minimum absolute atomic E-state index is 0.143. The third-order valence-corrected chi connectivity index (χ3v) is 2.52. The van der Waals surface area contributed by atoms with Crippen LogP contribution in [0.2, 0.25) is 0 Å². The zero-order valence-electron chi connectivity index (χ0n) is 10.2. The van der Waals surface area contributed by atoms with Gasteiger partial charge in [0.2, 0.25) is 0 Å². The number of amides is 1. The van der Waals surface area contributed by atoms with Crippen molar-refractivity contribution in [3.8, 4) is 0 Å². The van der Waals surface area contributed by atoms with Crippen LogP contribution in [0.3, 0.4) is 0 Å². The van der Waals surface area contributed by atoms with Crippen LogP contribution in [0.5, 0.6) is 0 Å². The number of hydrogen-bond donors (Lipinski definition) is 2. The molecule has 2 aromatic rings. The number of carbonyl (C=O) groups excluding carboxylic acids is 1. The zero-order chi connectivity index (χ0) is 12.4. The summed E-state index contributed by atoms with van der Waals surface area (Å²) in [4.78, 5) is 12.0. The van der Waals surface area contributed by atoms with Gasteiger partial charge < -0.3 is 9.88 Å². The topological polar surface area (TPSA) is 62.7 Å². The Balaban J connectivity index is 2.17. The Labute approximate surface area is 99.8 Å². The molecule has 17 heavy (non-hydrogen) atoms. The summed E-state index contributed by atoms with van der Waals surface area (Å²) in [5.41, 5.74) is 1.56. The monoisotopic (exact) mass is 232 g/mol. The van der Waals surface area contributed by atoms with Gasteiger partial charge in [0.25, 0.3) is 5.91 Å². The third-order valence-electron chi connectivity index (χ3n) is 2.52. The first-order valence-corrected chi connectivity index (χ1v) is 5.58. The van der Waals surface area contributed by atoms with E-state index >= 15 is 0 Å². The Morgan fingerprint density at radius 3 is 2.88 bits per heavy atom. The van der Waals surface area contributed by atoms with E-state index in [1.165, 1.54) is 0 Å². The minimum atomic E-state index is -0.143. The highest BCUT2D eigenvalue weighted by Gasteiger charge is 2.13. The van der Waals surface area contributed by atoms with Crippen LogP contribution in [0.1, 0.15) is 36.1 Å². The van der Waals surface area contributed by atoms with Crippen molar-refractivity contribution in [1.29, 1.82) is 0 Å². The smallest absolute Gasteiger partial charge is 0.273 e. The molecule has 0 radical (unpaired) electrons. The molecule has 5 heteroatoms. The summed E-state index contributed by atoms with van der Waals surface area (Å²) in [5.74, 6) is 0.402. The highest BCUT2D eigenvalue weighted by molar-refractivity contribution is 6.02. The molecule has 0 aromatic carbocycles. The second kappa shape index (κ2) is 4.45. The van der Waals surface area contributed by atoms with Crippen molar-refractivity contribution >= 4 is 11.7 Å². The van der Waals surface area contributed by atoms with E-state index in [0.717, 1.165) is 5.69 Å². The molecule has 0 aliphatic rings. The SMILES string of the molecule is Cc1cc(NC(=O)c2cccn2C(C)C)n[nH]1. The van der Waals surface area contributed by atoms with Crippen LogP contribution >= 0.6 is 0 Å². The molecule has 0 fully saturated rings. The summed E-state index contributed by atoms with van der Waals surface area (Å²) in [5, 5.41) is 9.52. The second-order valence-electron chi connectivity index (χ2n) is 4.28. The van der Waals surface area contributed by atoms with E-state index in [2.05, 4.69) is 15.5 Å². The van der Waals surface area contributed by atoms with Gasteiger partial charge in [-0.25, -0.2) is 0 Å². The van der Waals surface area contributed by atoms with Gasteiger partial charge in [0, 0.05) is 24.0 Å². The molecule has 0 bridgehead atoms. The van der Waals surface area contributed by atoms with Gasteiger partial charge in [0.05, 0.1) is 0 Å². The van der Waals surface area contributed by atoms with Gasteiger partial charge >= 0.3 is 0 Å². The predicted octanol–water partition coefficient (Wildman–Crippen LogP) is 2.35. The number of aromatic amines is 1. The molecule has 2 heterocycles. The molecule has 0 aliphatic carbocycles. The van der Waals surface area contributed by atoms with Crippen molar-refractivity contribution in [3.05, 3.63) is 35.8 Å². The summed E-state index contributed by atoms with van der Waals surface area (Å²) in [6.45, 7) is 5.96. The standard InChI is InChI=1S/C12H16N4O/c1-8(2)16-6-4-5-10(16)12(17)13-11-7-9(3)14-15-11/h4-8H,1-3H3,(H2,13,14,15,17). The van der Waals surface area contributed by atoms with Crippen LogP contribution in [-0.4, -0.2) is 20.7 Å². The lowest BCUT2D eigenvalue weighted by Gasteiger charge is -2.11. The fourth-order valence-electron chi connectivity index (χ4n) is 1.70. The first-order chi connectivity index (χ1) is 8.08. The molecule has 0 atom stereocenters. The van der Waals surface area contributed by atoms with Crippen LogP contribution in [-0.2, 0) is 0 Å². The molecule has 0 unspecified atom stereocenters. The van der Waals surface area contributed by atoms with Crippen molar-refractivity contribution in [1.82, 2.24) is 14.8 Å². The van der Waals surface area contributed by atoms with Gasteiger partial charge in [-0.2, -0.15) is 5.10 Å². The maximum atomic E-state index is 12.0. The molecule has 0 spiro atoms. The average molecular weight is 232 g/mol. The van der Waals surface area contributed by atoms with Crippen LogP contribution < -0.4 is 5.32 Å². The van der Waals surface area contributed by atoms with Crippen molar-refractivity contribution in [2.75, 3.05) is 5.32 Å². The van der Waals surface area contributed by atoms with Gasteiger partial charge in [-0.1, -0.05) is 0 Å². The lowest BCUT2D eigenvalue weighted by Crippen LogP contribution is -2.17. The van der Waals surface area contributed by atoms with E-state index in [0.29, 0.717) is 11.5 Å². The highest BCUT2D eigenvalue weighted by atomic mass is 16.2. The summed E-state index contributed by atoms with van der Waals surface area (Å²) >= 11 is 0. The van der Waals surface area contributed by atoms with Gasteiger partial charge in [-0.3, -0.25) is 9.89 Å². The van der Waals surface area contributed by atoms with Crippen molar-refractivity contribution in [3.63, 3.8) is 0 Å². The van der Waals surface area contributed by atoms with E-state index in [9.17, 15) is 4.79 Å². The number of anilines is 1. The Morgan fingerprint density at radius 1 is 1.53 bits per heavy atom. The Morgan fingerprint density at radius 2 is 2.29 bits per heavy atom. The van der Waals surface area contributed by atoms with E-state index in [1.54, 1.807) is 12.1 Å². The molecule has 0 saturated carbocycles. The van der Waals surface area contributed by atoms with Gasteiger partial charge in [0.15, 0.2) is 5.82 Å². The molecular formula is C12H16N4O. The number of nitrogens with one attached hydrogen (secondary N) is 2. The van der Waals surface area contributed by atoms with E-state index in [4.69, 9.17) is 0 Å². The van der Waals surface area contributed by atoms with Crippen LogP contribution in [0.4, 0.5) is 5.82 Å². The fraction of sp³-hybridized carbons (Fsp3) is 0.333. The number of rotatable bonds is 3. The van der Waals surface area contributed by atoms with Crippen molar-refractivity contribution in [2.24, 2.45) is 0 Å². The summed E-state index contributed by atoms with van der Waals surface area (Å²) in [6, 6.07) is 5.71. The molecule has 0 aliphatic heterocycles. The Kier molecular flexibility index (Phi) is 2.99. The van der Waals surface area contributed by atoms with E-state index in [-0.39, 0.29) is 11.9 Å².